The van der Waals surface area contributed by atoms with E-state index in [1.165, 1.54) is 7.11 Å². The minimum absolute atomic E-state index is 0.0428. The highest BCUT2D eigenvalue weighted by Gasteiger charge is 2.23. The lowest BCUT2D eigenvalue weighted by molar-refractivity contribution is 0.0784. The Morgan fingerprint density at radius 2 is 1.63 bits per heavy atom. The summed E-state index contributed by atoms with van der Waals surface area (Å²) in [6.45, 7) is 0.442. The summed E-state index contributed by atoms with van der Waals surface area (Å²) in [6, 6.07) is 12.8. The van der Waals surface area contributed by atoms with Crippen LogP contribution in [0.3, 0.4) is 0 Å². The molecule has 6 heteroatoms. The van der Waals surface area contributed by atoms with Gasteiger partial charge in [0.25, 0.3) is 11.8 Å². The number of carbonyl (C=O) groups excluding carboxylic acids is 2. The average molecular weight is 368 g/mol. The van der Waals surface area contributed by atoms with Gasteiger partial charge in [0.1, 0.15) is 0 Å². The van der Waals surface area contributed by atoms with Crippen molar-refractivity contribution in [1.29, 1.82) is 0 Å². The molecule has 1 fully saturated rings. The predicted octanol–water partition coefficient (Wildman–Crippen LogP) is 2.87. The van der Waals surface area contributed by atoms with E-state index in [9.17, 15) is 9.59 Å². The summed E-state index contributed by atoms with van der Waals surface area (Å²) in [6.07, 6.45) is 2.12. The van der Waals surface area contributed by atoms with Crippen LogP contribution in [0.4, 0.5) is 0 Å². The summed E-state index contributed by atoms with van der Waals surface area (Å²) in [5.74, 6) is 0.935. The molecule has 0 aliphatic heterocycles. The Balaban J connectivity index is 1.64. The van der Waals surface area contributed by atoms with E-state index in [0.717, 1.165) is 18.4 Å². The topological polar surface area (TPSA) is 67.9 Å². The van der Waals surface area contributed by atoms with Crippen molar-refractivity contribution in [3.8, 4) is 11.5 Å². The third-order valence-electron chi connectivity index (χ3n) is 4.53. The second-order valence-electron chi connectivity index (χ2n) is 6.68. The lowest BCUT2D eigenvalue weighted by Gasteiger charge is -2.18. The molecule has 1 N–H and O–H groups in total. The fourth-order valence-electron chi connectivity index (χ4n) is 2.79. The van der Waals surface area contributed by atoms with E-state index in [-0.39, 0.29) is 11.8 Å². The van der Waals surface area contributed by atoms with E-state index in [0.29, 0.717) is 35.2 Å². The predicted molar refractivity (Wildman–Crippen MR) is 102 cm³/mol. The molecule has 0 atom stereocenters. The Hall–Kier alpha value is -3.02. The van der Waals surface area contributed by atoms with Gasteiger partial charge in [-0.2, -0.15) is 0 Å². The van der Waals surface area contributed by atoms with E-state index < -0.39 is 0 Å². The van der Waals surface area contributed by atoms with E-state index in [4.69, 9.17) is 9.47 Å². The second-order valence-corrected chi connectivity index (χ2v) is 6.68. The molecule has 0 radical (unpaired) electrons. The lowest BCUT2D eigenvalue weighted by Crippen LogP contribution is -2.27. The molecule has 0 heterocycles. The molecule has 2 aromatic rings. The number of carbonyl (C=O) groups is 2. The fourth-order valence-corrected chi connectivity index (χ4v) is 2.79. The monoisotopic (exact) mass is 368 g/mol. The highest BCUT2D eigenvalue weighted by molar-refractivity contribution is 5.95. The summed E-state index contributed by atoms with van der Waals surface area (Å²) < 4.78 is 10.5. The molecule has 1 saturated carbocycles. The van der Waals surface area contributed by atoms with Gasteiger partial charge < -0.3 is 19.7 Å². The third-order valence-corrected chi connectivity index (χ3v) is 4.53. The van der Waals surface area contributed by atoms with Crippen molar-refractivity contribution in [2.45, 2.75) is 25.4 Å². The van der Waals surface area contributed by atoms with Gasteiger partial charge in [0, 0.05) is 30.8 Å². The van der Waals surface area contributed by atoms with Crippen molar-refractivity contribution in [3.05, 3.63) is 59.2 Å². The van der Waals surface area contributed by atoms with Crippen molar-refractivity contribution in [2.75, 3.05) is 21.3 Å². The second kappa shape index (κ2) is 8.12. The van der Waals surface area contributed by atoms with Gasteiger partial charge in [0.2, 0.25) is 0 Å². The van der Waals surface area contributed by atoms with Gasteiger partial charge in [-0.05, 0) is 48.7 Å². The number of nitrogens with zero attached hydrogens (tertiary/aromatic N) is 1. The molecular weight excluding hydrogens is 344 g/mol. The molecule has 3 rings (SSSR count). The Labute approximate surface area is 159 Å². The maximum Gasteiger partial charge on any atom is 0.254 e. The molecule has 0 saturated heterocycles. The molecule has 6 nitrogen and oxygen atoms in total. The van der Waals surface area contributed by atoms with E-state index in [1.807, 2.05) is 12.1 Å². The SMILES string of the molecule is COc1ccc(C(=O)N(C)Cc2ccc(C(=O)NC3CC3)cc2)cc1OC. The molecule has 1 aliphatic carbocycles. The molecule has 1 aliphatic rings. The first-order valence-electron chi connectivity index (χ1n) is 8.89. The summed E-state index contributed by atoms with van der Waals surface area (Å²) >= 11 is 0. The number of methoxy groups -OCH3 is 2. The molecule has 0 aromatic heterocycles. The highest BCUT2D eigenvalue weighted by Crippen LogP contribution is 2.28. The van der Waals surface area contributed by atoms with Crippen LogP contribution in [0.1, 0.15) is 39.1 Å². The van der Waals surface area contributed by atoms with Crippen molar-refractivity contribution in [3.63, 3.8) is 0 Å². The quantitative estimate of drug-likeness (QED) is 0.816. The van der Waals surface area contributed by atoms with Crippen LogP contribution in [0.2, 0.25) is 0 Å². The van der Waals surface area contributed by atoms with Crippen LogP contribution in [-0.4, -0.2) is 44.0 Å². The third kappa shape index (κ3) is 4.58. The van der Waals surface area contributed by atoms with E-state index >= 15 is 0 Å². The molecule has 2 amide bonds. The van der Waals surface area contributed by atoms with Crippen molar-refractivity contribution >= 4 is 11.8 Å². The normalized spacial score (nSPS) is 13.0. The molecule has 27 heavy (non-hydrogen) atoms. The highest BCUT2D eigenvalue weighted by atomic mass is 16.5. The van der Waals surface area contributed by atoms with Crippen LogP contribution >= 0.6 is 0 Å². The average Bonchev–Trinajstić information content (AvgIpc) is 3.51. The van der Waals surface area contributed by atoms with Gasteiger partial charge in [-0.15, -0.1) is 0 Å². The van der Waals surface area contributed by atoms with Crippen LogP contribution in [0.15, 0.2) is 42.5 Å². The zero-order valence-electron chi connectivity index (χ0n) is 15.8. The Morgan fingerprint density at radius 1 is 1.00 bits per heavy atom. The number of amides is 2. The van der Waals surface area contributed by atoms with Crippen molar-refractivity contribution < 1.29 is 19.1 Å². The lowest BCUT2D eigenvalue weighted by atomic mass is 10.1. The summed E-state index contributed by atoms with van der Waals surface area (Å²) in [5.41, 5.74) is 2.12. The first-order chi connectivity index (χ1) is 13.0. The van der Waals surface area contributed by atoms with Crippen LogP contribution < -0.4 is 14.8 Å². The summed E-state index contributed by atoms with van der Waals surface area (Å²) in [4.78, 5) is 26.3. The van der Waals surface area contributed by atoms with Crippen LogP contribution in [-0.2, 0) is 6.54 Å². The fraction of sp³-hybridized carbons (Fsp3) is 0.333. The van der Waals surface area contributed by atoms with Crippen molar-refractivity contribution in [1.82, 2.24) is 10.2 Å². The minimum Gasteiger partial charge on any atom is -0.493 e. The minimum atomic E-state index is -0.119. The zero-order valence-corrected chi connectivity index (χ0v) is 15.8. The van der Waals surface area contributed by atoms with Crippen LogP contribution in [0.5, 0.6) is 11.5 Å². The number of ether oxygens (including phenoxy) is 2. The first kappa shape index (κ1) is 18.8. The van der Waals surface area contributed by atoms with Gasteiger partial charge in [0.15, 0.2) is 11.5 Å². The largest absolute Gasteiger partial charge is 0.493 e. The standard InChI is InChI=1S/C21H24N2O4/c1-23(21(25)16-8-11-18(26-2)19(12-16)27-3)13-14-4-6-15(7-5-14)20(24)22-17-9-10-17/h4-8,11-12,17H,9-10,13H2,1-3H3,(H,22,24). The number of hydrogen-bond donors (Lipinski definition) is 1. The Bertz CT molecular complexity index is 829. The summed E-state index contributed by atoms with van der Waals surface area (Å²) in [7, 11) is 4.84. The molecule has 0 spiro atoms. The van der Waals surface area contributed by atoms with Gasteiger partial charge in [-0.25, -0.2) is 0 Å². The molecule has 0 bridgehead atoms. The smallest absolute Gasteiger partial charge is 0.254 e. The number of benzene rings is 2. The first-order valence-corrected chi connectivity index (χ1v) is 8.89. The Morgan fingerprint density at radius 3 is 2.22 bits per heavy atom. The summed E-state index contributed by atoms with van der Waals surface area (Å²) in [5, 5.41) is 2.96. The van der Waals surface area contributed by atoms with Crippen LogP contribution in [0.25, 0.3) is 0 Å². The Kier molecular flexibility index (Phi) is 5.64. The van der Waals surface area contributed by atoms with Gasteiger partial charge in [0.05, 0.1) is 14.2 Å². The molecular formula is C21H24N2O4. The maximum atomic E-state index is 12.7. The number of nitrogens with one attached hydrogen (secondary N) is 1. The molecule has 142 valence electrons. The number of rotatable bonds is 7. The zero-order chi connectivity index (χ0) is 19.4. The van der Waals surface area contributed by atoms with Gasteiger partial charge in [-0.3, -0.25) is 9.59 Å². The van der Waals surface area contributed by atoms with Crippen molar-refractivity contribution in [2.24, 2.45) is 0 Å². The van der Waals surface area contributed by atoms with Gasteiger partial charge in [-0.1, -0.05) is 12.1 Å². The van der Waals surface area contributed by atoms with E-state index in [2.05, 4.69) is 5.32 Å². The molecule has 2 aromatic carbocycles. The molecule has 0 unspecified atom stereocenters. The maximum absolute atomic E-state index is 12.7. The van der Waals surface area contributed by atoms with E-state index in [1.54, 1.807) is 49.4 Å². The number of hydrogen-bond acceptors (Lipinski definition) is 4. The van der Waals surface area contributed by atoms with Gasteiger partial charge >= 0.3 is 0 Å². The van der Waals surface area contributed by atoms with Crippen LogP contribution in [0, 0.1) is 0 Å².